The summed E-state index contributed by atoms with van der Waals surface area (Å²) >= 11 is 1.58. The lowest BCUT2D eigenvalue weighted by Crippen LogP contribution is -2.39. The first-order chi connectivity index (χ1) is 15.5. The second-order valence-electron chi connectivity index (χ2n) is 7.75. The van der Waals surface area contributed by atoms with Crippen LogP contribution >= 0.6 is 11.3 Å². The molecule has 1 saturated heterocycles. The summed E-state index contributed by atoms with van der Waals surface area (Å²) in [4.78, 5) is 19.4. The monoisotopic (exact) mass is 473 g/mol. The molecule has 3 aromatic rings. The lowest BCUT2D eigenvalue weighted by Gasteiger charge is -2.23. The molecule has 0 spiro atoms. The highest BCUT2D eigenvalue weighted by Crippen LogP contribution is 2.36. The number of aromatic nitrogens is 1. The number of thiazole rings is 1. The lowest BCUT2D eigenvalue weighted by atomic mass is 10.2. The van der Waals surface area contributed by atoms with E-state index in [0.29, 0.717) is 31.3 Å². The van der Waals surface area contributed by atoms with Crippen molar-refractivity contribution < 1.29 is 22.7 Å². The molecule has 2 aliphatic heterocycles. The van der Waals surface area contributed by atoms with Gasteiger partial charge in [-0.1, -0.05) is 12.1 Å². The van der Waals surface area contributed by atoms with Crippen molar-refractivity contribution in [3.8, 4) is 11.5 Å². The fourth-order valence-corrected chi connectivity index (χ4v) is 6.11. The summed E-state index contributed by atoms with van der Waals surface area (Å²) in [5.41, 5.74) is 0.918. The van der Waals surface area contributed by atoms with Crippen LogP contribution in [0.2, 0.25) is 0 Å². The van der Waals surface area contributed by atoms with E-state index in [1.54, 1.807) is 22.3 Å². The molecule has 0 aliphatic carbocycles. The Morgan fingerprint density at radius 2 is 1.94 bits per heavy atom. The lowest BCUT2D eigenvalue weighted by molar-refractivity contribution is -0.130. The Morgan fingerprint density at radius 3 is 2.78 bits per heavy atom. The number of para-hydroxylation sites is 1. The van der Waals surface area contributed by atoms with Gasteiger partial charge in [-0.15, -0.1) is 11.3 Å². The molecular weight excluding hydrogens is 450 g/mol. The molecule has 0 radical (unpaired) electrons. The summed E-state index contributed by atoms with van der Waals surface area (Å²) in [6.45, 7) is 1.27. The molecule has 1 atom stereocenters. The first kappa shape index (κ1) is 21.2. The van der Waals surface area contributed by atoms with Crippen molar-refractivity contribution in [2.45, 2.75) is 30.2 Å². The summed E-state index contributed by atoms with van der Waals surface area (Å²) in [6.07, 6.45) is 2.41. The largest absolute Gasteiger partial charge is 0.490 e. The van der Waals surface area contributed by atoms with Crippen LogP contribution in [0, 0.1) is 0 Å². The maximum absolute atomic E-state index is 12.9. The van der Waals surface area contributed by atoms with Crippen LogP contribution < -0.4 is 14.2 Å². The van der Waals surface area contributed by atoms with Crippen molar-refractivity contribution >= 4 is 37.5 Å². The zero-order valence-electron chi connectivity index (χ0n) is 17.3. The number of amides is 1. The molecule has 1 amide bonds. The minimum atomic E-state index is -3.88. The number of ether oxygens (including phenoxy) is 2. The van der Waals surface area contributed by atoms with Crippen molar-refractivity contribution in [2.24, 2.45) is 0 Å². The molecule has 0 unspecified atom stereocenters. The van der Waals surface area contributed by atoms with Crippen molar-refractivity contribution in [1.29, 1.82) is 0 Å². The molecule has 0 bridgehead atoms. The SMILES string of the molecule is O=C(CNS(=O)(=O)c1ccc2c(c1)OCCCO2)N1CCC[C@@H]1c1nc2ccccc2s1. The van der Waals surface area contributed by atoms with E-state index in [-0.39, 0.29) is 23.4 Å². The minimum Gasteiger partial charge on any atom is -0.490 e. The van der Waals surface area contributed by atoms with E-state index in [1.165, 1.54) is 12.1 Å². The number of sulfonamides is 1. The Balaban J connectivity index is 1.28. The summed E-state index contributed by atoms with van der Waals surface area (Å²) < 4.78 is 40.3. The number of hydrogen-bond acceptors (Lipinski definition) is 7. The third-order valence-electron chi connectivity index (χ3n) is 5.61. The molecule has 2 aliphatic rings. The number of benzene rings is 2. The molecule has 0 saturated carbocycles. The van der Waals surface area contributed by atoms with Crippen LogP contribution in [0.3, 0.4) is 0 Å². The van der Waals surface area contributed by atoms with E-state index in [4.69, 9.17) is 14.5 Å². The predicted octanol–water partition coefficient (Wildman–Crippen LogP) is 3.10. The van der Waals surface area contributed by atoms with E-state index < -0.39 is 10.0 Å². The Kier molecular flexibility index (Phi) is 5.75. The molecule has 168 valence electrons. The molecule has 32 heavy (non-hydrogen) atoms. The Bertz CT molecular complexity index is 1220. The second kappa shape index (κ2) is 8.68. The van der Waals surface area contributed by atoms with Crippen LogP contribution in [0.1, 0.15) is 30.3 Å². The molecule has 1 N–H and O–H groups in total. The van der Waals surface area contributed by atoms with Gasteiger partial charge in [0.15, 0.2) is 11.5 Å². The van der Waals surface area contributed by atoms with E-state index in [2.05, 4.69) is 4.72 Å². The number of carbonyl (C=O) groups excluding carboxylic acids is 1. The molecule has 8 nitrogen and oxygen atoms in total. The molecule has 1 aromatic heterocycles. The zero-order chi connectivity index (χ0) is 22.1. The van der Waals surface area contributed by atoms with Gasteiger partial charge in [0.05, 0.1) is 40.9 Å². The zero-order valence-corrected chi connectivity index (χ0v) is 19.0. The van der Waals surface area contributed by atoms with Gasteiger partial charge >= 0.3 is 0 Å². The fourth-order valence-electron chi connectivity index (χ4n) is 4.01. The van der Waals surface area contributed by atoms with Gasteiger partial charge in [-0.3, -0.25) is 4.79 Å². The van der Waals surface area contributed by atoms with E-state index >= 15 is 0 Å². The first-order valence-electron chi connectivity index (χ1n) is 10.6. The van der Waals surface area contributed by atoms with Crippen LogP contribution in [0.4, 0.5) is 0 Å². The molecule has 3 heterocycles. The average molecular weight is 474 g/mol. The quantitative estimate of drug-likeness (QED) is 0.612. The Hall–Kier alpha value is -2.69. The van der Waals surface area contributed by atoms with Gasteiger partial charge in [-0.05, 0) is 37.1 Å². The minimum absolute atomic E-state index is 0.0405. The predicted molar refractivity (Wildman–Crippen MR) is 121 cm³/mol. The second-order valence-corrected chi connectivity index (χ2v) is 10.6. The Morgan fingerprint density at radius 1 is 1.12 bits per heavy atom. The van der Waals surface area contributed by atoms with E-state index in [9.17, 15) is 13.2 Å². The van der Waals surface area contributed by atoms with Crippen molar-refractivity contribution in [2.75, 3.05) is 26.3 Å². The highest BCUT2D eigenvalue weighted by molar-refractivity contribution is 7.89. The van der Waals surface area contributed by atoms with Crippen LogP contribution in [-0.4, -0.2) is 50.5 Å². The molecule has 2 aromatic carbocycles. The maximum Gasteiger partial charge on any atom is 0.241 e. The average Bonchev–Trinajstić information content (AvgIpc) is 3.38. The maximum atomic E-state index is 12.9. The van der Waals surface area contributed by atoms with E-state index in [1.807, 2.05) is 24.3 Å². The number of fused-ring (bicyclic) bond motifs is 2. The van der Waals surface area contributed by atoms with Gasteiger partial charge in [-0.2, -0.15) is 0 Å². The molecule has 10 heteroatoms. The number of nitrogens with zero attached hydrogens (tertiary/aromatic N) is 2. The molecule has 5 rings (SSSR count). The van der Waals surface area contributed by atoms with Crippen LogP contribution in [-0.2, 0) is 14.8 Å². The molecular formula is C22H23N3O5S2. The first-order valence-corrected chi connectivity index (χ1v) is 12.9. The van der Waals surface area contributed by atoms with Gasteiger partial charge in [0.1, 0.15) is 5.01 Å². The number of carbonyl (C=O) groups is 1. The highest BCUT2D eigenvalue weighted by Gasteiger charge is 2.32. The van der Waals surface area contributed by atoms with Gasteiger partial charge in [0.2, 0.25) is 15.9 Å². The van der Waals surface area contributed by atoms with Crippen LogP contribution in [0.25, 0.3) is 10.2 Å². The summed E-state index contributed by atoms with van der Waals surface area (Å²) in [5.74, 6) is 0.657. The topological polar surface area (TPSA) is 97.8 Å². The van der Waals surface area contributed by atoms with Crippen LogP contribution in [0.15, 0.2) is 47.4 Å². The molecule has 1 fully saturated rings. The number of hydrogen-bond donors (Lipinski definition) is 1. The number of likely N-dealkylation sites (tertiary alicyclic amines) is 1. The van der Waals surface area contributed by atoms with Gasteiger partial charge in [0.25, 0.3) is 0 Å². The van der Waals surface area contributed by atoms with Crippen LogP contribution in [0.5, 0.6) is 11.5 Å². The standard InChI is InChI=1S/C22H23N3O5S2/c26-21(25-10-3-6-17(25)22-24-16-5-1-2-7-20(16)31-22)14-23-32(27,28)15-8-9-18-19(13-15)30-12-4-11-29-18/h1-2,5,7-9,13,17,23H,3-4,6,10-12,14H2/t17-/m1/s1. The van der Waals surface area contributed by atoms with Gasteiger partial charge in [-0.25, -0.2) is 18.1 Å². The van der Waals surface area contributed by atoms with Crippen molar-refractivity contribution in [3.63, 3.8) is 0 Å². The fraction of sp³-hybridized carbons (Fsp3) is 0.364. The van der Waals surface area contributed by atoms with Crippen molar-refractivity contribution in [1.82, 2.24) is 14.6 Å². The van der Waals surface area contributed by atoms with Gasteiger partial charge < -0.3 is 14.4 Å². The van der Waals surface area contributed by atoms with Crippen molar-refractivity contribution in [3.05, 3.63) is 47.5 Å². The number of nitrogens with one attached hydrogen (secondary N) is 1. The smallest absolute Gasteiger partial charge is 0.241 e. The van der Waals surface area contributed by atoms with Gasteiger partial charge in [0, 0.05) is 19.0 Å². The highest BCUT2D eigenvalue weighted by atomic mass is 32.2. The third-order valence-corrected chi connectivity index (χ3v) is 8.15. The normalized spacial score (nSPS) is 18.6. The van der Waals surface area contributed by atoms with E-state index in [0.717, 1.165) is 34.5 Å². The number of rotatable bonds is 5. The third kappa shape index (κ3) is 4.17. The summed E-state index contributed by atoms with van der Waals surface area (Å²) in [6, 6.07) is 12.2. The summed E-state index contributed by atoms with van der Waals surface area (Å²) in [5, 5.41) is 0.891. The Labute approximate surface area is 190 Å². The summed E-state index contributed by atoms with van der Waals surface area (Å²) in [7, 11) is -3.88.